The molecule has 2 aromatic carbocycles. The number of halogens is 2. The van der Waals surface area contributed by atoms with Crippen molar-refractivity contribution < 1.29 is 13.5 Å². The van der Waals surface area contributed by atoms with Gasteiger partial charge in [0.2, 0.25) is 0 Å². The third-order valence-corrected chi connectivity index (χ3v) is 4.02. The van der Waals surface area contributed by atoms with E-state index in [1.54, 1.807) is 6.07 Å². The third-order valence-electron chi connectivity index (χ3n) is 4.02. The lowest BCUT2D eigenvalue weighted by molar-refractivity contribution is 0.0889. The average Bonchev–Trinajstić information content (AvgIpc) is 2.89. The number of rotatable bonds is 5. The lowest BCUT2D eigenvalue weighted by Gasteiger charge is -2.27. The van der Waals surface area contributed by atoms with Crippen LogP contribution in [-0.4, -0.2) is 9.55 Å². The van der Waals surface area contributed by atoms with E-state index in [-0.39, 0.29) is 5.75 Å². The summed E-state index contributed by atoms with van der Waals surface area (Å²) >= 11 is 0. The maximum absolute atomic E-state index is 14.0. The number of hydrogen-bond donors (Lipinski definition) is 1. The number of nitrogens with zero attached hydrogens (tertiary/aromatic N) is 2. The molecule has 2 N–H and O–H groups in total. The fourth-order valence-corrected chi connectivity index (χ4v) is 2.93. The number of anilines is 1. The summed E-state index contributed by atoms with van der Waals surface area (Å²) in [7, 11) is 0. The molecule has 0 saturated carbocycles. The van der Waals surface area contributed by atoms with E-state index in [2.05, 4.69) is 16.5 Å². The fourth-order valence-electron chi connectivity index (χ4n) is 2.93. The predicted molar refractivity (Wildman–Crippen MR) is 94.4 cm³/mol. The monoisotopic (exact) mass is 345 g/mol. The molecule has 0 aliphatic carbocycles. The van der Waals surface area contributed by atoms with Gasteiger partial charge in [-0.05, 0) is 50.6 Å². The van der Waals surface area contributed by atoms with Gasteiger partial charge in [0, 0.05) is 18.3 Å². The van der Waals surface area contributed by atoms with E-state index in [0.717, 1.165) is 30.1 Å². The SMILES string of the molecule is CCCn1c(C(C)(C)Oc2ccc(F)cc2F)nc2cc(N)ccc21. The van der Waals surface area contributed by atoms with Crippen molar-refractivity contribution in [3.8, 4) is 5.75 Å². The Kier molecular flexibility index (Phi) is 4.37. The number of benzene rings is 2. The van der Waals surface area contributed by atoms with Crippen LogP contribution in [0.4, 0.5) is 14.5 Å². The van der Waals surface area contributed by atoms with Crippen LogP contribution in [0.15, 0.2) is 36.4 Å². The Balaban J connectivity index is 2.07. The van der Waals surface area contributed by atoms with Gasteiger partial charge in [-0.3, -0.25) is 0 Å². The van der Waals surface area contributed by atoms with E-state index in [1.807, 2.05) is 26.0 Å². The number of nitrogen functional groups attached to an aromatic ring is 1. The van der Waals surface area contributed by atoms with Crippen molar-refractivity contribution in [3.05, 3.63) is 53.9 Å². The van der Waals surface area contributed by atoms with Crippen molar-refractivity contribution in [2.45, 2.75) is 39.3 Å². The molecule has 0 atom stereocenters. The highest BCUT2D eigenvalue weighted by molar-refractivity contribution is 5.79. The van der Waals surface area contributed by atoms with Crippen LogP contribution in [0.2, 0.25) is 0 Å². The van der Waals surface area contributed by atoms with Crippen molar-refractivity contribution in [2.24, 2.45) is 0 Å². The van der Waals surface area contributed by atoms with Gasteiger partial charge >= 0.3 is 0 Å². The summed E-state index contributed by atoms with van der Waals surface area (Å²) in [6.45, 7) is 6.44. The van der Waals surface area contributed by atoms with E-state index in [9.17, 15) is 8.78 Å². The summed E-state index contributed by atoms with van der Waals surface area (Å²) < 4.78 is 35.0. The molecular weight excluding hydrogens is 324 g/mol. The van der Waals surface area contributed by atoms with Crippen molar-refractivity contribution in [1.29, 1.82) is 0 Å². The van der Waals surface area contributed by atoms with Gasteiger partial charge in [-0.25, -0.2) is 13.8 Å². The standard InChI is InChI=1S/C19H21F2N3O/c1-4-9-24-16-7-6-13(22)11-15(16)23-18(24)19(2,3)25-17-8-5-12(20)10-14(17)21/h5-8,10-11H,4,9,22H2,1-3H3. The number of nitrogens with two attached hydrogens (primary N) is 1. The van der Waals surface area contributed by atoms with Crippen molar-refractivity contribution in [2.75, 3.05) is 5.73 Å². The first-order chi connectivity index (χ1) is 11.8. The maximum Gasteiger partial charge on any atom is 0.168 e. The van der Waals surface area contributed by atoms with Crippen molar-refractivity contribution in [3.63, 3.8) is 0 Å². The predicted octanol–water partition coefficient (Wildman–Crippen LogP) is 4.62. The Hall–Kier alpha value is -2.63. The van der Waals surface area contributed by atoms with Gasteiger partial charge in [-0.2, -0.15) is 0 Å². The molecule has 1 heterocycles. The Bertz CT molecular complexity index is 918. The summed E-state index contributed by atoms with van der Waals surface area (Å²) in [6.07, 6.45) is 0.907. The second kappa shape index (κ2) is 6.35. The average molecular weight is 345 g/mol. The third kappa shape index (κ3) is 3.29. The molecule has 0 aliphatic rings. The smallest absolute Gasteiger partial charge is 0.168 e. The van der Waals surface area contributed by atoms with E-state index in [1.165, 1.54) is 12.1 Å². The van der Waals surface area contributed by atoms with Crippen LogP contribution in [0.25, 0.3) is 11.0 Å². The van der Waals surface area contributed by atoms with Crippen LogP contribution in [0, 0.1) is 11.6 Å². The van der Waals surface area contributed by atoms with Crippen molar-refractivity contribution >= 4 is 16.7 Å². The van der Waals surface area contributed by atoms with E-state index >= 15 is 0 Å². The Labute approximate surface area is 145 Å². The molecule has 0 unspecified atom stereocenters. The summed E-state index contributed by atoms with van der Waals surface area (Å²) in [5.41, 5.74) is 7.28. The van der Waals surface area contributed by atoms with Crippen molar-refractivity contribution in [1.82, 2.24) is 9.55 Å². The lowest BCUT2D eigenvalue weighted by atomic mass is 10.1. The maximum atomic E-state index is 14.0. The zero-order valence-corrected chi connectivity index (χ0v) is 14.5. The fraction of sp³-hybridized carbons (Fsp3) is 0.316. The number of aromatic nitrogens is 2. The highest BCUT2D eigenvalue weighted by Crippen LogP contribution is 2.32. The lowest BCUT2D eigenvalue weighted by Crippen LogP contribution is -2.30. The largest absolute Gasteiger partial charge is 0.477 e. The number of imidazole rings is 1. The van der Waals surface area contributed by atoms with Gasteiger partial charge in [-0.15, -0.1) is 0 Å². The van der Waals surface area contributed by atoms with Gasteiger partial charge < -0.3 is 15.0 Å². The van der Waals surface area contributed by atoms with E-state index < -0.39 is 17.2 Å². The molecule has 3 aromatic rings. The van der Waals surface area contributed by atoms with Gasteiger partial charge in [0.1, 0.15) is 5.82 Å². The number of hydrogen-bond acceptors (Lipinski definition) is 3. The van der Waals surface area contributed by atoms with Crippen LogP contribution >= 0.6 is 0 Å². The zero-order chi connectivity index (χ0) is 18.2. The molecule has 0 amide bonds. The molecule has 1 aromatic heterocycles. The number of fused-ring (bicyclic) bond motifs is 1. The first-order valence-electron chi connectivity index (χ1n) is 8.22. The van der Waals surface area contributed by atoms with Gasteiger partial charge in [0.25, 0.3) is 0 Å². The second-order valence-electron chi connectivity index (χ2n) is 6.52. The van der Waals surface area contributed by atoms with Crippen LogP contribution < -0.4 is 10.5 Å². The molecule has 0 radical (unpaired) electrons. The molecule has 0 aliphatic heterocycles. The van der Waals surface area contributed by atoms with Crippen LogP contribution in [0.5, 0.6) is 5.75 Å². The molecule has 0 bridgehead atoms. The minimum absolute atomic E-state index is 0.0129. The van der Waals surface area contributed by atoms with E-state index in [0.29, 0.717) is 11.5 Å². The van der Waals surface area contributed by atoms with Gasteiger partial charge in [0.05, 0.1) is 11.0 Å². The highest BCUT2D eigenvalue weighted by atomic mass is 19.1. The molecule has 0 saturated heterocycles. The number of aryl methyl sites for hydroxylation is 1. The molecule has 3 rings (SSSR count). The Morgan fingerprint density at radius 3 is 2.60 bits per heavy atom. The van der Waals surface area contributed by atoms with Crippen LogP contribution in [-0.2, 0) is 12.1 Å². The second-order valence-corrected chi connectivity index (χ2v) is 6.52. The molecule has 0 fully saturated rings. The molecular formula is C19H21F2N3O. The Morgan fingerprint density at radius 2 is 1.92 bits per heavy atom. The minimum atomic E-state index is -0.915. The molecule has 25 heavy (non-hydrogen) atoms. The quantitative estimate of drug-likeness (QED) is 0.687. The molecule has 132 valence electrons. The Morgan fingerprint density at radius 1 is 1.16 bits per heavy atom. The van der Waals surface area contributed by atoms with E-state index in [4.69, 9.17) is 10.5 Å². The molecule has 0 spiro atoms. The summed E-state index contributed by atoms with van der Waals surface area (Å²) in [5.74, 6) is -0.730. The summed E-state index contributed by atoms with van der Waals surface area (Å²) in [5, 5.41) is 0. The first-order valence-corrected chi connectivity index (χ1v) is 8.22. The van der Waals surface area contributed by atoms with Gasteiger partial charge in [-0.1, -0.05) is 6.92 Å². The normalized spacial score (nSPS) is 11.9. The minimum Gasteiger partial charge on any atom is -0.477 e. The topological polar surface area (TPSA) is 53.1 Å². The summed E-state index contributed by atoms with van der Waals surface area (Å²) in [6, 6.07) is 8.82. The van der Waals surface area contributed by atoms with Gasteiger partial charge in [0.15, 0.2) is 23.0 Å². The molecule has 4 nitrogen and oxygen atoms in total. The number of ether oxygens (including phenoxy) is 1. The van der Waals surface area contributed by atoms with Crippen LogP contribution in [0.1, 0.15) is 33.0 Å². The van der Waals surface area contributed by atoms with Crippen LogP contribution in [0.3, 0.4) is 0 Å². The first kappa shape index (κ1) is 17.2. The zero-order valence-electron chi connectivity index (χ0n) is 14.5. The highest BCUT2D eigenvalue weighted by Gasteiger charge is 2.30. The molecule has 6 heteroatoms. The summed E-state index contributed by atoms with van der Waals surface area (Å²) in [4.78, 5) is 4.67.